The fraction of sp³-hybridized carbons (Fsp3) is 0.333. The van der Waals surface area contributed by atoms with Gasteiger partial charge in [-0.15, -0.1) is 0 Å². The molecule has 1 aliphatic rings. The van der Waals surface area contributed by atoms with Crippen molar-refractivity contribution in [3.8, 4) is 5.82 Å². The largest absolute Gasteiger partial charge is 0.358 e. The molecule has 0 aliphatic carbocycles. The number of halogens is 3. The summed E-state index contributed by atoms with van der Waals surface area (Å²) in [5, 5.41) is -0.0574. The van der Waals surface area contributed by atoms with E-state index >= 15 is 0 Å². The van der Waals surface area contributed by atoms with Crippen molar-refractivity contribution in [2.24, 2.45) is 0 Å². The summed E-state index contributed by atoms with van der Waals surface area (Å²) in [5.74, 6) is -0.241. The molecule has 0 saturated carbocycles. The van der Waals surface area contributed by atoms with E-state index in [9.17, 15) is 8.78 Å². The summed E-state index contributed by atoms with van der Waals surface area (Å²) < 4.78 is 36.4. The van der Waals surface area contributed by atoms with Crippen LogP contribution < -0.4 is 0 Å². The first kappa shape index (κ1) is 17.4. The van der Waals surface area contributed by atoms with Crippen LogP contribution in [0.3, 0.4) is 0 Å². The summed E-state index contributed by atoms with van der Waals surface area (Å²) in [6.07, 6.45) is 1.43. The molecule has 1 aromatic carbocycles. The first-order valence-corrected chi connectivity index (χ1v) is 9.29. The van der Waals surface area contributed by atoms with Crippen LogP contribution in [0.2, 0.25) is 5.28 Å². The zero-order valence-corrected chi connectivity index (χ0v) is 15.4. The number of aromatic nitrogens is 6. The Morgan fingerprint density at radius 1 is 1.14 bits per heavy atom. The molecule has 1 atom stereocenters. The van der Waals surface area contributed by atoms with E-state index in [1.807, 2.05) is 0 Å². The lowest BCUT2D eigenvalue weighted by Crippen LogP contribution is -2.18. The Labute approximate surface area is 163 Å². The lowest BCUT2D eigenvalue weighted by molar-refractivity contribution is -0.0298. The second-order valence-corrected chi connectivity index (χ2v) is 6.89. The van der Waals surface area contributed by atoms with Crippen molar-refractivity contribution in [1.29, 1.82) is 0 Å². The van der Waals surface area contributed by atoms with Gasteiger partial charge in [0.25, 0.3) is 6.43 Å². The predicted molar refractivity (Wildman–Crippen MR) is 98.8 cm³/mol. The number of hydrogen-bond acceptors (Lipinski definition) is 5. The van der Waals surface area contributed by atoms with Crippen molar-refractivity contribution in [2.75, 3.05) is 6.61 Å². The van der Waals surface area contributed by atoms with Crippen LogP contribution in [0.25, 0.3) is 28.0 Å². The van der Waals surface area contributed by atoms with Crippen LogP contribution in [0.5, 0.6) is 0 Å². The maximum absolute atomic E-state index is 13.7. The molecule has 0 bridgehead atoms. The standard InChI is InChI=1S/C18H15ClF2N6O/c19-18-24-15-13(22-9-26(15)12-7-3-4-8-28-12)16(25-18)27-11-6-2-1-5-10(11)23-17(27)14(20)21/h1-2,5-6,9,12,14H,3-4,7-8H2/t12-/m1/s1. The Balaban J connectivity index is 1.77. The van der Waals surface area contributed by atoms with E-state index in [4.69, 9.17) is 16.3 Å². The molecular formula is C18H15ClF2N6O. The fourth-order valence-corrected chi connectivity index (χ4v) is 3.76. The van der Waals surface area contributed by atoms with Crippen LogP contribution in [-0.4, -0.2) is 35.7 Å². The van der Waals surface area contributed by atoms with E-state index in [-0.39, 0.29) is 17.3 Å². The SMILES string of the molecule is FC(F)c1nc2ccccc2n1-c1nc(Cl)nc2c1ncn2[C@H]1CCCCO1. The molecule has 10 heteroatoms. The Morgan fingerprint density at radius 3 is 2.79 bits per heavy atom. The molecule has 1 aliphatic heterocycles. The van der Waals surface area contributed by atoms with Gasteiger partial charge in [0.2, 0.25) is 5.28 Å². The van der Waals surface area contributed by atoms with E-state index in [1.165, 1.54) is 4.57 Å². The molecule has 28 heavy (non-hydrogen) atoms. The summed E-state index contributed by atoms with van der Waals surface area (Å²) in [6, 6.07) is 6.88. The minimum absolute atomic E-state index is 0.0574. The van der Waals surface area contributed by atoms with Gasteiger partial charge in [0.05, 0.1) is 17.4 Å². The summed E-state index contributed by atoms with van der Waals surface area (Å²) in [5.41, 5.74) is 1.75. The first-order chi connectivity index (χ1) is 13.6. The molecule has 3 aromatic heterocycles. The number of ether oxygens (including phenoxy) is 1. The van der Waals surface area contributed by atoms with Gasteiger partial charge in [0.1, 0.15) is 6.23 Å². The molecule has 0 spiro atoms. The van der Waals surface area contributed by atoms with Crippen molar-refractivity contribution in [2.45, 2.75) is 31.9 Å². The van der Waals surface area contributed by atoms with E-state index in [1.54, 1.807) is 35.2 Å². The lowest BCUT2D eigenvalue weighted by atomic mass is 10.2. The Kier molecular flexibility index (Phi) is 4.21. The van der Waals surface area contributed by atoms with Crippen molar-refractivity contribution in [3.63, 3.8) is 0 Å². The Bertz CT molecular complexity index is 1170. The highest BCUT2D eigenvalue weighted by atomic mass is 35.5. The summed E-state index contributed by atoms with van der Waals surface area (Å²) in [4.78, 5) is 17.0. The molecule has 4 heterocycles. The monoisotopic (exact) mass is 404 g/mol. The third kappa shape index (κ3) is 2.73. The van der Waals surface area contributed by atoms with Crippen LogP contribution in [-0.2, 0) is 4.74 Å². The molecule has 1 saturated heterocycles. The average Bonchev–Trinajstić information content (AvgIpc) is 3.29. The van der Waals surface area contributed by atoms with Gasteiger partial charge in [-0.2, -0.15) is 9.97 Å². The molecule has 5 rings (SSSR count). The minimum atomic E-state index is -2.79. The maximum Gasteiger partial charge on any atom is 0.296 e. The molecule has 0 N–H and O–H groups in total. The third-order valence-electron chi connectivity index (χ3n) is 4.84. The van der Waals surface area contributed by atoms with Gasteiger partial charge in [-0.25, -0.2) is 18.7 Å². The molecule has 7 nitrogen and oxygen atoms in total. The van der Waals surface area contributed by atoms with Crippen molar-refractivity contribution in [1.82, 2.24) is 29.1 Å². The second kappa shape index (κ2) is 6.75. The van der Waals surface area contributed by atoms with Gasteiger partial charge in [-0.3, -0.25) is 9.13 Å². The highest BCUT2D eigenvalue weighted by molar-refractivity contribution is 6.28. The number of benzene rings is 1. The lowest BCUT2D eigenvalue weighted by Gasteiger charge is -2.23. The van der Waals surface area contributed by atoms with Crippen molar-refractivity contribution in [3.05, 3.63) is 41.7 Å². The van der Waals surface area contributed by atoms with E-state index in [0.29, 0.717) is 28.8 Å². The highest BCUT2D eigenvalue weighted by Gasteiger charge is 2.26. The number of rotatable bonds is 3. The number of imidazole rings is 2. The highest BCUT2D eigenvalue weighted by Crippen LogP contribution is 2.32. The van der Waals surface area contributed by atoms with Crippen molar-refractivity contribution >= 4 is 33.8 Å². The molecule has 4 aromatic rings. The van der Waals surface area contributed by atoms with Gasteiger partial charge >= 0.3 is 0 Å². The van der Waals surface area contributed by atoms with Gasteiger partial charge < -0.3 is 4.74 Å². The van der Waals surface area contributed by atoms with Crippen LogP contribution in [0.1, 0.15) is 37.7 Å². The summed E-state index contributed by atoms with van der Waals surface area (Å²) in [6.45, 7) is 0.650. The average molecular weight is 405 g/mol. The molecule has 144 valence electrons. The Hall–Kier alpha value is -2.65. The third-order valence-corrected chi connectivity index (χ3v) is 5.00. The van der Waals surface area contributed by atoms with E-state index in [0.717, 1.165) is 19.3 Å². The van der Waals surface area contributed by atoms with Crippen LogP contribution >= 0.6 is 11.6 Å². The molecule has 0 amide bonds. The van der Waals surface area contributed by atoms with E-state index in [2.05, 4.69) is 19.9 Å². The maximum atomic E-state index is 13.7. The van der Waals surface area contributed by atoms with Crippen LogP contribution in [0, 0.1) is 0 Å². The number of para-hydroxylation sites is 2. The topological polar surface area (TPSA) is 70.7 Å². The zero-order chi connectivity index (χ0) is 19.3. The molecule has 0 radical (unpaired) electrons. The fourth-order valence-electron chi connectivity index (χ4n) is 3.60. The van der Waals surface area contributed by atoms with Crippen LogP contribution in [0.15, 0.2) is 30.6 Å². The quantitative estimate of drug-likeness (QED) is 0.471. The Morgan fingerprint density at radius 2 is 2.00 bits per heavy atom. The van der Waals surface area contributed by atoms with Gasteiger partial charge in [-0.05, 0) is 43.0 Å². The van der Waals surface area contributed by atoms with Crippen molar-refractivity contribution < 1.29 is 13.5 Å². The number of nitrogens with zero attached hydrogens (tertiary/aromatic N) is 6. The number of alkyl halides is 2. The van der Waals surface area contributed by atoms with Gasteiger partial charge in [0.15, 0.2) is 22.8 Å². The summed E-state index contributed by atoms with van der Waals surface area (Å²) in [7, 11) is 0. The normalized spacial score (nSPS) is 17.8. The zero-order valence-electron chi connectivity index (χ0n) is 14.6. The van der Waals surface area contributed by atoms with E-state index < -0.39 is 12.2 Å². The minimum Gasteiger partial charge on any atom is -0.358 e. The molecular weight excluding hydrogens is 390 g/mol. The van der Waals surface area contributed by atoms with Crippen LogP contribution in [0.4, 0.5) is 8.78 Å². The summed E-state index contributed by atoms with van der Waals surface area (Å²) >= 11 is 6.17. The number of fused-ring (bicyclic) bond motifs is 2. The van der Waals surface area contributed by atoms with Gasteiger partial charge in [0, 0.05) is 6.61 Å². The smallest absolute Gasteiger partial charge is 0.296 e. The predicted octanol–water partition coefficient (Wildman–Crippen LogP) is 4.46. The first-order valence-electron chi connectivity index (χ1n) is 8.91. The number of hydrogen-bond donors (Lipinski definition) is 0. The molecule has 0 unspecified atom stereocenters. The molecule has 1 fully saturated rings. The van der Waals surface area contributed by atoms with Gasteiger partial charge in [-0.1, -0.05) is 12.1 Å². The second-order valence-electron chi connectivity index (χ2n) is 6.56.